The number of nitro groups is 1. The number of hydrogen-bond donors (Lipinski definition) is 1. The van der Waals surface area contributed by atoms with Gasteiger partial charge in [-0.3, -0.25) is 10.1 Å². The first kappa shape index (κ1) is 16.3. The fourth-order valence-electron chi connectivity index (χ4n) is 3.91. The van der Waals surface area contributed by atoms with Gasteiger partial charge in [0.15, 0.2) is 0 Å². The Bertz CT molecular complexity index is 1230. The van der Waals surface area contributed by atoms with Crippen molar-refractivity contribution in [3.8, 4) is 33.4 Å². The minimum absolute atomic E-state index is 0.100. The Labute approximate surface area is 162 Å². The van der Waals surface area contributed by atoms with Crippen molar-refractivity contribution < 1.29 is 4.92 Å². The third kappa shape index (κ3) is 2.47. The maximum atomic E-state index is 11.6. The van der Waals surface area contributed by atoms with Crippen LogP contribution in [0.5, 0.6) is 0 Å². The molecular formula is C24H16N2O2. The zero-order chi connectivity index (χ0) is 19.1. The first-order valence-electron chi connectivity index (χ1n) is 9.06. The van der Waals surface area contributed by atoms with Gasteiger partial charge in [0, 0.05) is 28.4 Å². The second kappa shape index (κ2) is 6.35. The Morgan fingerprint density at radius 1 is 0.571 bits per heavy atom. The van der Waals surface area contributed by atoms with Crippen LogP contribution in [-0.2, 0) is 0 Å². The molecule has 0 amide bonds. The largest absolute Gasteiger partial charge is 0.354 e. The van der Waals surface area contributed by atoms with Crippen LogP contribution in [0.4, 0.5) is 17.1 Å². The predicted octanol–water partition coefficient (Wildman–Crippen LogP) is 6.65. The van der Waals surface area contributed by atoms with Gasteiger partial charge in [-0.15, -0.1) is 0 Å². The maximum absolute atomic E-state index is 11.6. The number of benzene rings is 4. The van der Waals surface area contributed by atoms with Gasteiger partial charge in [0.2, 0.25) is 0 Å². The number of anilines is 2. The number of nitrogens with one attached hydrogen (secondary N) is 1. The van der Waals surface area contributed by atoms with Crippen LogP contribution in [-0.4, -0.2) is 4.92 Å². The summed E-state index contributed by atoms with van der Waals surface area (Å²) >= 11 is 0. The van der Waals surface area contributed by atoms with Crippen LogP contribution >= 0.6 is 0 Å². The fourth-order valence-corrected chi connectivity index (χ4v) is 3.91. The lowest BCUT2D eigenvalue weighted by Crippen LogP contribution is -1.97. The molecule has 0 saturated heterocycles. The summed E-state index contributed by atoms with van der Waals surface area (Å²) in [4.78, 5) is 11.3. The first-order valence-corrected chi connectivity index (χ1v) is 9.06. The molecule has 5 rings (SSSR count). The highest BCUT2D eigenvalue weighted by Crippen LogP contribution is 2.48. The van der Waals surface area contributed by atoms with Crippen molar-refractivity contribution in [1.29, 1.82) is 0 Å². The molecule has 0 radical (unpaired) electrons. The molecule has 1 heterocycles. The second-order valence-corrected chi connectivity index (χ2v) is 6.72. The molecule has 4 nitrogen and oxygen atoms in total. The Hall–Kier alpha value is -3.92. The lowest BCUT2D eigenvalue weighted by Gasteiger charge is -2.15. The zero-order valence-corrected chi connectivity index (χ0v) is 14.9. The molecule has 4 aromatic carbocycles. The second-order valence-electron chi connectivity index (χ2n) is 6.72. The minimum atomic E-state index is -0.326. The number of nitro benzene ring substituents is 1. The molecule has 0 aromatic heterocycles. The number of hydrogen-bond acceptors (Lipinski definition) is 3. The SMILES string of the molecule is O=[N+]([O-])c1ccccc1-c1cccc2c1Nc1ccccc1-c1ccccc1-2. The molecule has 1 aliphatic rings. The van der Waals surface area contributed by atoms with Gasteiger partial charge < -0.3 is 5.32 Å². The molecule has 4 heteroatoms. The highest BCUT2D eigenvalue weighted by atomic mass is 16.6. The molecule has 0 aliphatic carbocycles. The molecule has 0 bridgehead atoms. The van der Waals surface area contributed by atoms with Crippen LogP contribution in [0.25, 0.3) is 33.4 Å². The predicted molar refractivity (Wildman–Crippen MR) is 113 cm³/mol. The van der Waals surface area contributed by atoms with Crippen LogP contribution in [0.15, 0.2) is 91.0 Å². The highest BCUT2D eigenvalue weighted by Gasteiger charge is 2.23. The quantitative estimate of drug-likeness (QED) is 0.282. The number of rotatable bonds is 2. The molecule has 0 atom stereocenters. The summed E-state index contributed by atoms with van der Waals surface area (Å²) in [5, 5.41) is 15.2. The third-order valence-electron chi connectivity index (χ3n) is 5.15. The Morgan fingerprint density at radius 2 is 1.07 bits per heavy atom. The van der Waals surface area contributed by atoms with E-state index in [1.54, 1.807) is 18.2 Å². The van der Waals surface area contributed by atoms with Crippen molar-refractivity contribution in [3.05, 3.63) is 101 Å². The van der Waals surface area contributed by atoms with E-state index in [0.717, 1.165) is 39.2 Å². The average molecular weight is 364 g/mol. The lowest BCUT2D eigenvalue weighted by molar-refractivity contribution is -0.384. The summed E-state index contributed by atoms with van der Waals surface area (Å²) in [6, 6.07) is 29.3. The molecule has 0 unspecified atom stereocenters. The Kier molecular flexibility index (Phi) is 3.69. The number of nitrogens with zero attached hydrogens (tertiary/aromatic N) is 1. The smallest absolute Gasteiger partial charge is 0.277 e. The van der Waals surface area contributed by atoms with E-state index >= 15 is 0 Å². The molecule has 0 fully saturated rings. The molecule has 134 valence electrons. The van der Waals surface area contributed by atoms with Crippen LogP contribution in [0.3, 0.4) is 0 Å². The average Bonchev–Trinajstić information content (AvgIpc) is 2.88. The zero-order valence-electron chi connectivity index (χ0n) is 14.9. The van der Waals surface area contributed by atoms with E-state index in [9.17, 15) is 10.1 Å². The van der Waals surface area contributed by atoms with Crippen molar-refractivity contribution >= 4 is 17.1 Å². The van der Waals surface area contributed by atoms with Gasteiger partial charge in [0.25, 0.3) is 5.69 Å². The summed E-state index contributed by atoms with van der Waals surface area (Å²) in [6.07, 6.45) is 0. The van der Waals surface area contributed by atoms with Crippen LogP contribution in [0, 0.1) is 10.1 Å². The van der Waals surface area contributed by atoms with E-state index in [2.05, 4.69) is 29.6 Å². The minimum Gasteiger partial charge on any atom is -0.354 e. The van der Waals surface area contributed by atoms with Gasteiger partial charge in [-0.25, -0.2) is 0 Å². The molecule has 1 N–H and O–H groups in total. The van der Waals surface area contributed by atoms with Crippen LogP contribution < -0.4 is 5.32 Å². The number of fused-ring (bicyclic) bond motifs is 5. The topological polar surface area (TPSA) is 55.2 Å². The summed E-state index contributed by atoms with van der Waals surface area (Å²) in [5.41, 5.74) is 7.78. The van der Waals surface area contributed by atoms with Gasteiger partial charge in [0.1, 0.15) is 0 Å². The molecule has 0 spiro atoms. The summed E-state index contributed by atoms with van der Waals surface area (Å²) in [7, 11) is 0. The van der Waals surface area contributed by atoms with E-state index in [-0.39, 0.29) is 10.6 Å². The van der Waals surface area contributed by atoms with Crippen LogP contribution in [0.2, 0.25) is 0 Å². The highest BCUT2D eigenvalue weighted by molar-refractivity contribution is 6.03. The van der Waals surface area contributed by atoms with Gasteiger partial charge in [-0.05, 0) is 23.3 Å². The molecular weight excluding hydrogens is 348 g/mol. The van der Waals surface area contributed by atoms with E-state index in [4.69, 9.17) is 0 Å². The standard InChI is InChI=1S/C24H16N2O2/c27-26(28)23-15-6-4-11-19(23)21-13-7-12-20-17-9-2-1-8-16(17)18-10-3-5-14-22(18)25-24(20)21/h1-15,25H. The third-order valence-corrected chi connectivity index (χ3v) is 5.15. The van der Waals surface area contributed by atoms with E-state index in [1.807, 2.05) is 48.5 Å². The van der Waals surface area contributed by atoms with Crippen molar-refractivity contribution in [2.45, 2.75) is 0 Å². The monoisotopic (exact) mass is 364 g/mol. The van der Waals surface area contributed by atoms with E-state index in [0.29, 0.717) is 5.56 Å². The first-order chi connectivity index (χ1) is 13.7. The molecule has 1 aliphatic heterocycles. The molecule has 28 heavy (non-hydrogen) atoms. The van der Waals surface area contributed by atoms with Crippen molar-refractivity contribution in [1.82, 2.24) is 0 Å². The van der Waals surface area contributed by atoms with Gasteiger partial charge in [0.05, 0.1) is 16.2 Å². The summed E-state index contributed by atoms with van der Waals surface area (Å²) < 4.78 is 0. The van der Waals surface area contributed by atoms with Gasteiger partial charge in [-0.2, -0.15) is 0 Å². The molecule has 4 aromatic rings. The summed E-state index contributed by atoms with van der Waals surface area (Å²) in [6.45, 7) is 0. The number of para-hydroxylation sites is 3. The van der Waals surface area contributed by atoms with Crippen molar-refractivity contribution in [2.75, 3.05) is 5.32 Å². The lowest BCUT2D eigenvalue weighted by atomic mass is 9.92. The van der Waals surface area contributed by atoms with E-state index in [1.165, 1.54) is 0 Å². The van der Waals surface area contributed by atoms with Crippen molar-refractivity contribution in [2.24, 2.45) is 0 Å². The maximum Gasteiger partial charge on any atom is 0.277 e. The fraction of sp³-hybridized carbons (Fsp3) is 0. The van der Waals surface area contributed by atoms with E-state index < -0.39 is 0 Å². The summed E-state index contributed by atoms with van der Waals surface area (Å²) in [5.74, 6) is 0. The van der Waals surface area contributed by atoms with Gasteiger partial charge >= 0.3 is 0 Å². The molecule has 0 saturated carbocycles. The van der Waals surface area contributed by atoms with Gasteiger partial charge in [-0.1, -0.05) is 72.8 Å². The Balaban J connectivity index is 1.85. The normalized spacial score (nSPS) is 11.4. The van der Waals surface area contributed by atoms with Crippen LogP contribution in [0.1, 0.15) is 0 Å². The van der Waals surface area contributed by atoms with Crippen molar-refractivity contribution in [3.63, 3.8) is 0 Å². The Morgan fingerprint density at radius 3 is 1.79 bits per heavy atom.